The van der Waals surface area contributed by atoms with Crippen LogP contribution in [0.1, 0.15) is 12.8 Å². The summed E-state index contributed by atoms with van der Waals surface area (Å²) in [7, 11) is 2.12. The largest absolute Gasteiger partial charge is 0.383 e. The minimum atomic E-state index is -0.295. The summed E-state index contributed by atoms with van der Waals surface area (Å²) in [4.78, 5) is 15.8. The van der Waals surface area contributed by atoms with Gasteiger partial charge < -0.3 is 16.0 Å². The summed E-state index contributed by atoms with van der Waals surface area (Å²) < 4.78 is 13.5. The van der Waals surface area contributed by atoms with Crippen LogP contribution in [-0.4, -0.2) is 46.0 Å². The molecule has 1 saturated heterocycles. The Hall–Kier alpha value is -2.80. The van der Waals surface area contributed by atoms with Crippen LogP contribution in [0.3, 0.4) is 0 Å². The molecule has 7 heteroatoms. The summed E-state index contributed by atoms with van der Waals surface area (Å²) in [5, 5.41) is 4.07. The molecule has 0 aliphatic carbocycles. The van der Waals surface area contributed by atoms with Gasteiger partial charge in [0.1, 0.15) is 11.6 Å². The Morgan fingerprint density at radius 3 is 2.69 bits per heavy atom. The fourth-order valence-corrected chi connectivity index (χ4v) is 3.24. The van der Waals surface area contributed by atoms with Gasteiger partial charge in [0.15, 0.2) is 5.65 Å². The summed E-state index contributed by atoms with van der Waals surface area (Å²) in [5.41, 5.74) is 7.96. The van der Waals surface area contributed by atoms with Crippen molar-refractivity contribution in [3.05, 3.63) is 42.2 Å². The van der Waals surface area contributed by atoms with Gasteiger partial charge in [0, 0.05) is 11.6 Å². The summed E-state index contributed by atoms with van der Waals surface area (Å²) >= 11 is 0. The second-order valence-electron chi connectivity index (χ2n) is 6.73. The average Bonchev–Trinajstić information content (AvgIpc) is 2.63. The lowest BCUT2D eigenvalue weighted by atomic mass is 10.1. The number of hydrogen-bond donors (Lipinski definition) is 2. The monoisotopic (exact) mass is 352 g/mol. The van der Waals surface area contributed by atoms with Gasteiger partial charge in [-0.3, -0.25) is 0 Å². The highest BCUT2D eigenvalue weighted by molar-refractivity contribution is 5.88. The standard InChI is InChI=1S/C19H21FN6/c1-26-9-7-14(8-10-26)22-19-24-17(21)15-5-6-16(23-18(15)25-19)12-3-2-4-13(20)11-12/h2-6,11,14H,7-10H2,1H3,(H3,21,22,23,24,25). The Kier molecular flexibility index (Phi) is 4.38. The average molecular weight is 352 g/mol. The lowest BCUT2D eigenvalue weighted by Crippen LogP contribution is -2.37. The number of halogens is 1. The maximum absolute atomic E-state index is 13.5. The summed E-state index contributed by atoms with van der Waals surface area (Å²) in [6.07, 6.45) is 2.07. The van der Waals surface area contributed by atoms with Crippen LogP contribution in [-0.2, 0) is 0 Å². The first-order valence-electron chi connectivity index (χ1n) is 8.74. The normalized spacial score (nSPS) is 16.1. The van der Waals surface area contributed by atoms with Crippen molar-refractivity contribution in [1.29, 1.82) is 0 Å². The number of hydrogen-bond acceptors (Lipinski definition) is 6. The van der Waals surface area contributed by atoms with Crippen LogP contribution in [0.15, 0.2) is 36.4 Å². The van der Waals surface area contributed by atoms with Gasteiger partial charge in [-0.2, -0.15) is 9.97 Å². The molecule has 134 valence electrons. The van der Waals surface area contributed by atoms with E-state index in [9.17, 15) is 4.39 Å². The molecule has 0 saturated carbocycles. The minimum Gasteiger partial charge on any atom is -0.383 e. The van der Waals surface area contributed by atoms with Gasteiger partial charge in [0.25, 0.3) is 0 Å². The molecule has 0 atom stereocenters. The van der Waals surface area contributed by atoms with Crippen molar-refractivity contribution in [2.24, 2.45) is 0 Å². The van der Waals surface area contributed by atoms with Crippen molar-refractivity contribution in [2.75, 3.05) is 31.2 Å². The van der Waals surface area contributed by atoms with Gasteiger partial charge in [-0.1, -0.05) is 12.1 Å². The molecule has 0 unspecified atom stereocenters. The molecule has 26 heavy (non-hydrogen) atoms. The minimum absolute atomic E-state index is 0.295. The first-order valence-corrected chi connectivity index (χ1v) is 8.74. The second kappa shape index (κ2) is 6.84. The molecule has 1 fully saturated rings. The first kappa shape index (κ1) is 16.7. The van der Waals surface area contributed by atoms with Crippen molar-refractivity contribution >= 4 is 22.8 Å². The van der Waals surface area contributed by atoms with Gasteiger partial charge in [0.2, 0.25) is 5.95 Å². The highest BCUT2D eigenvalue weighted by atomic mass is 19.1. The molecule has 6 nitrogen and oxygen atoms in total. The summed E-state index contributed by atoms with van der Waals surface area (Å²) in [5.74, 6) is 0.591. The lowest BCUT2D eigenvalue weighted by molar-refractivity contribution is 0.263. The molecule has 1 aromatic carbocycles. The van der Waals surface area contributed by atoms with E-state index < -0.39 is 0 Å². The van der Waals surface area contributed by atoms with E-state index in [-0.39, 0.29) is 5.82 Å². The maximum Gasteiger partial charge on any atom is 0.226 e. The Balaban J connectivity index is 1.66. The predicted octanol–water partition coefficient (Wildman–Crippen LogP) is 2.92. The molecule has 0 amide bonds. The molecule has 4 rings (SSSR count). The first-order chi connectivity index (χ1) is 12.6. The zero-order chi connectivity index (χ0) is 18.1. The van der Waals surface area contributed by atoms with E-state index >= 15 is 0 Å². The van der Waals surface area contributed by atoms with Gasteiger partial charge in [-0.05, 0) is 57.2 Å². The number of anilines is 2. The third kappa shape index (κ3) is 3.43. The zero-order valence-electron chi connectivity index (χ0n) is 14.6. The van der Waals surface area contributed by atoms with E-state index in [0.29, 0.717) is 40.1 Å². The number of nitrogens with zero attached hydrogens (tertiary/aromatic N) is 4. The van der Waals surface area contributed by atoms with Crippen molar-refractivity contribution in [1.82, 2.24) is 19.9 Å². The van der Waals surface area contributed by atoms with Gasteiger partial charge in [0.05, 0.1) is 11.1 Å². The van der Waals surface area contributed by atoms with E-state index in [2.05, 4.69) is 32.2 Å². The second-order valence-corrected chi connectivity index (χ2v) is 6.73. The van der Waals surface area contributed by atoms with Gasteiger partial charge >= 0.3 is 0 Å². The molecule has 0 radical (unpaired) electrons. The molecule has 3 N–H and O–H groups in total. The van der Waals surface area contributed by atoms with Crippen LogP contribution in [0.25, 0.3) is 22.3 Å². The van der Waals surface area contributed by atoms with E-state index in [1.807, 2.05) is 12.1 Å². The number of aromatic nitrogens is 3. The van der Waals surface area contributed by atoms with Crippen molar-refractivity contribution in [3.63, 3.8) is 0 Å². The van der Waals surface area contributed by atoms with Crippen LogP contribution in [0.5, 0.6) is 0 Å². The Labute approximate surface area is 151 Å². The van der Waals surface area contributed by atoms with Crippen molar-refractivity contribution in [3.8, 4) is 11.3 Å². The topological polar surface area (TPSA) is 80.0 Å². The number of nitrogens with two attached hydrogens (primary N) is 1. The highest BCUT2D eigenvalue weighted by Crippen LogP contribution is 2.24. The number of nitrogens with one attached hydrogen (secondary N) is 1. The number of fused-ring (bicyclic) bond motifs is 1. The Morgan fingerprint density at radius 2 is 1.92 bits per heavy atom. The maximum atomic E-state index is 13.5. The Morgan fingerprint density at radius 1 is 1.12 bits per heavy atom. The molecule has 2 aromatic heterocycles. The van der Waals surface area contributed by atoms with Crippen LogP contribution in [0, 0.1) is 5.82 Å². The number of rotatable bonds is 3. The molecule has 1 aliphatic rings. The van der Waals surface area contributed by atoms with Gasteiger partial charge in [-0.25, -0.2) is 9.37 Å². The highest BCUT2D eigenvalue weighted by Gasteiger charge is 2.18. The summed E-state index contributed by atoms with van der Waals surface area (Å²) in [6.45, 7) is 2.09. The Bertz CT molecular complexity index is 936. The molecule has 3 aromatic rings. The fraction of sp³-hybridized carbons (Fsp3) is 0.316. The van der Waals surface area contributed by atoms with Crippen LogP contribution < -0.4 is 11.1 Å². The molecular formula is C19H21FN6. The lowest BCUT2D eigenvalue weighted by Gasteiger charge is -2.29. The van der Waals surface area contributed by atoms with E-state index in [4.69, 9.17) is 5.73 Å². The van der Waals surface area contributed by atoms with E-state index in [1.54, 1.807) is 12.1 Å². The number of nitrogen functional groups attached to an aromatic ring is 1. The summed E-state index contributed by atoms with van der Waals surface area (Å²) in [6, 6.07) is 10.3. The molecule has 3 heterocycles. The number of likely N-dealkylation sites (tertiary alicyclic amines) is 1. The number of piperidine rings is 1. The van der Waals surface area contributed by atoms with E-state index in [0.717, 1.165) is 25.9 Å². The van der Waals surface area contributed by atoms with Crippen molar-refractivity contribution < 1.29 is 4.39 Å². The quantitative estimate of drug-likeness (QED) is 0.754. The van der Waals surface area contributed by atoms with Crippen LogP contribution in [0.4, 0.5) is 16.2 Å². The SMILES string of the molecule is CN1CCC(Nc2nc(N)c3ccc(-c4cccc(F)c4)nc3n2)CC1. The third-order valence-electron chi connectivity index (χ3n) is 4.76. The smallest absolute Gasteiger partial charge is 0.226 e. The molecular weight excluding hydrogens is 331 g/mol. The van der Waals surface area contributed by atoms with E-state index in [1.165, 1.54) is 12.1 Å². The van der Waals surface area contributed by atoms with Crippen LogP contribution >= 0.6 is 0 Å². The molecule has 0 spiro atoms. The zero-order valence-corrected chi connectivity index (χ0v) is 14.6. The number of benzene rings is 1. The van der Waals surface area contributed by atoms with Gasteiger partial charge in [-0.15, -0.1) is 0 Å². The molecule has 1 aliphatic heterocycles. The van der Waals surface area contributed by atoms with Crippen LogP contribution in [0.2, 0.25) is 0 Å². The van der Waals surface area contributed by atoms with Crippen molar-refractivity contribution in [2.45, 2.75) is 18.9 Å². The molecule has 0 bridgehead atoms. The third-order valence-corrected chi connectivity index (χ3v) is 4.76. The predicted molar refractivity (Wildman–Crippen MR) is 101 cm³/mol. The fourth-order valence-electron chi connectivity index (χ4n) is 3.24. The number of pyridine rings is 1.